The highest BCUT2D eigenvalue weighted by Gasteiger charge is 2.32. The molecule has 6 nitrogen and oxygen atoms in total. The first kappa shape index (κ1) is 21.0. The maximum atomic E-state index is 12.9. The molecule has 1 heterocycles. The van der Waals surface area contributed by atoms with E-state index in [1.54, 1.807) is 24.3 Å². The van der Waals surface area contributed by atoms with Crippen LogP contribution in [-0.2, 0) is 27.0 Å². The molecule has 1 aliphatic rings. The highest BCUT2D eigenvalue weighted by Crippen LogP contribution is 2.24. The van der Waals surface area contributed by atoms with Crippen LogP contribution in [-0.4, -0.2) is 31.7 Å². The second-order valence-corrected chi connectivity index (χ2v) is 9.37. The minimum absolute atomic E-state index is 0.0473. The van der Waals surface area contributed by atoms with Gasteiger partial charge in [0.05, 0.1) is 24.2 Å². The molecule has 0 aromatic heterocycles. The molecule has 29 heavy (non-hydrogen) atoms. The number of carbonyl (C=O) groups is 1. The number of nitrogens with one attached hydrogen (secondary N) is 1. The smallest absolute Gasteiger partial charge is 0.228 e. The number of nitrogens with zero attached hydrogens (tertiary/aromatic N) is 2. The molecule has 7 heteroatoms. The molecule has 0 unspecified atom stereocenters. The van der Waals surface area contributed by atoms with Crippen molar-refractivity contribution in [3.63, 3.8) is 0 Å². The van der Waals surface area contributed by atoms with E-state index in [1.807, 2.05) is 31.2 Å². The van der Waals surface area contributed by atoms with Gasteiger partial charge in [0.15, 0.2) is 0 Å². The monoisotopic (exact) mass is 411 g/mol. The van der Waals surface area contributed by atoms with Crippen LogP contribution in [0.25, 0.3) is 0 Å². The van der Waals surface area contributed by atoms with Gasteiger partial charge in [0.2, 0.25) is 15.9 Å². The van der Waals surface area contributed by atoms with Crippen molar-refractivity contribution in [1.29, 1.82) is 5.26 Å². The lowest BCUT2D eigenvalue weighted by molar-refractivity contribution is -0.120. The fourth-order valence-corrected chi connectivity index (χ4v) is 5.22. The molecule has 0 bridgehead atoms. The summed E-state index contributed by atoms with van der Waals surface area (Å²) in [5.74, 6) is -0.600. The molecule has 2 aromatic carbocycles. The predicted molar refractivity (Wildman–Crippen MR) is 112 cm³/mol. The molecular weight excluding hydrogens is 386 g/mol. The minimum Gasteiger partial charge on any atom is -0.326 e. The summed E-state index contributed by atoms with van der Waals surface area (Å²) in [5.41, 5.74) is 3.27. The lowest BCUT2D eigenvalue weighted by Gasteiger charge is -2.31. The molecular formula is C22H25N3O3S. The van der Waals surface area contributed by atoms with Crippen LogP contribution in [0.3, 0.4) is 0 Å². The number of hydrogen-bond donors (Lipinski definition) is 1. The molecule has 0 radical (unpaired) electrons. The van der Waals surface area contributed by atoms with Crippen molar-refractivity contribution in [2.75, 3.05) is 18.4 Å². The predicted octanol–water partition coefficient (Wildman–Crippen LogP) is 3.24. The van der Waals surface area contributed by atoms with Gasteiger partial charge in [0.1, 0.15) is 0 Å². The van der Waals surface area contributed by atoms with Gasteiger partial charge in [-0.2, -0.15) is 5.26 Å². The summed E-state index contributed by atoms with van der Waals surface area (Å²) in [7, 11) is -3.49. The van der Waals surface area contributed by atoms with Crippen molar-refractivity contribution in [2.24, 2.45) is 5.92 Å². The molecule has 1 N–H and O–H groups in total. The molecule has 1 atom stereocenters. The highest BCUT2D eigenvalue weighted by atomic mass is 32.2. The molecule has 0 saturated carbocycles. The van der Waals surface area contributed by atoms with Crippen LogP contribution >= 0.6 is 0 Å². The third kappa shape index (κ3) is 5.43. The van der Waals surface area contributed by atoms with Crippen LogP contribution in [0.4, 0.5) is 5.69 Å². The summed E-state index contributed by atoms with van der Waals surface area (Å²) in [6.45, 7) is 2.55. The van der Waals surface area contributed by atoms with E-state index < -0.39 is 10.0 Å². The van der Waals surface area contributed by atoms with Crippen molar-refractivity contribution >= 4 is 21.6 Å². The summed E-state index contributed by atoms with van der Waals surface area (Å²) < 4.78 is 27.2. The fourth-order valence-electron chi connectivity index (χ4n) is 3.51. The number of piperidine rings is 1. The zero-order chi connectivity index (χ0) is 20.9. The van der Waals surface area contributed by atoms with Gasteiger partial charge in [0.25, 0.3) is 0 Å². The van der Waals surface area contributed by atoms with Crippen LogP contribution in [0.1, 0.15) is 29.5 Å². The number of nitriles is 1. The van der Waals surface area contributed by atoms with Gasteiger partial charge in [-0.3, -0.25) is 4.79 Å². The van der Waals surface area contributed by atoms with Gasteiger partial charge in [-0.25, -0.2) is 12.7 Å². The Hall–Kier alpha value is -2.69. The number of anilines is 1. The van der Waals surface area contributed by atoms with E-state index in [-0.39, 0.29) is 24.1 Å². The number of sulfonamides is 1. The second-order valence-electron chi connectivity index (χ2n) is 7.40. The Balaban J connectivity index is 1.64. The Morgan fingerprint density at radius 3 is 2.62 bits per heavy atom. The normalized spacial score (nSPS) is 17.4. The highest BCUT2D eigenvalue weighted by molar-refractivity contribution is 7.88. The first-order chi connectivity index (χ1) is 13.9. The summed E-state index contributed by atoms with van der Waals surface area (Å²) in [6, 6.07) is 16.7. The van der Waals surface area contributed by atoms with Crippen LogP contribution in [0.2, 0.25) is 0 Å². The molecule has 1 fully saturated rings. The van der Waals surface area contributed by atoms with Crippen molar-refractivity contribution in [1.82, 2.24) is 4.31 Å². The van der Waals surface area contributed by atoms with Gasteiger partial charge in [-0.15, -0.1) is 0 Å². The van der Waals surface area contributed by atoms with E-state index in [0.29, 0.717) is 31.5 Å². The molecule has 0 spiro atoms. The average Bonchev–Trinajstić information content (AvgIpc) is 2.71. The van der Waals surface area contributed by atoms with Crippen LogP contribution in [0, 0.1) is 24.2 Å². The number of amides is 1. The Labute approximate surface area is 172 Å². The second kappa shape index (κ2) is 9.21. The van der Waals surface area contributed by atoms with E-state index in [1.165, 1.54) is 4.31 Å². The van der Waals surface area contributed by atoms with Crippen molar-refractivity contribution < 1.29 is 13.2 Å². The average molecular weight is 412 g/mol. The fraction of sp³-hybridized carbons (Fsp3) is 0.364. The van der Waals surface area contributed by atoms with Crippen LogP contribution in [0.15, 0.2) is 48.5 Å². The van der Waals surface area contributed by atoms with E-state index >= 15 is 0 Å². The lowest BCUT2D eigenvalue weighted by Crippen LogP contribution is -2.44. The standard InChI is InChI=1S/C22H25N3O3S/c1-17-5-2-3-6-20(17)16-29(27,28)25-14-4-7-19(15-25)22(26)24-21-10-8-18(9-11-21)12-13-23/h2-3,5-6,8-11,19H,4,7,12,14-16H2,1H3,(H,24,26)/t19-/m0/s1. The molecule has 1 aliphatic heterocycles. The molecule has 0 aliphatic carbocycles. The SMILES string of the molecule is Cc1ccccc1CS(=O)(=O)N1CCC[C@H](C(=O)Nc2ccc(CC#N)cc2)C1. The van der Waals surface area contributed by atoms with Gasteiger partial charge >= 0.3 is 0 Å². The van der Waals surface area contributed by atoms with Gasteiger partial charge < -0.3 is 5.32 Å². The Kier molecular flexibility index (Phi) is 6.68. The summed E-state index contributed by atoms with van der Waals surface area (Å²) >= 11 is 0. The Morgan fingerprint density at radius 1 is 1.21 bits per heavy atom. The van der Waals surface area contributed by atoms with E-state index in [9.17, 15) is 13.2 Å². The molecule has 1 saturated heterocycles. The van der Waals surface area contributed by atoms with Crippen molar-refractivity contribution in [3.8, 4) is 6.07 Å². The molecule has 152 valence electrons. The summed E-state index contributed by atoms with van der Waals surface area (Å²) in [5, 5.41) is 11.6. The number of aryl methyl sites for hydroxylation is 1. The zero-order valence-corrected chi connectivity index (χ0v) is 17.3. The molecule has 2 aromatic rings. The first-order valence-corrected chi connectivity index (χ1v) is 11.3. The third-order valence-electron chi connectivity index (χ3n) is 5.25. The maximum absolute atomic E-state index is 12.9. The van der Waals surface area contributed by atoms with E-state index in [0.717, 1.165) is 16.7 Å². The summed E-state index contributed by atoms with van der Waals surface area (Å²) in [6.07, 6.45) is 1.64. The zero-order valence-electron chi connectivity index (χ0n) is 16.5. The van der Waals surface area contributed by atoms with Gasteiger partial charge in [-0.05, 0) is 48.6 Å². The number of rotatable bonds is 6. The quantitative estimate of drug-likeness (QED) is 0.790. The largest absolute Gasteiger partial charge is 0.326 e. The number of benzene rings is 2. The van der Waals surface area contributed by atoms with Gasteiger partial charge in [0, 0.05) is 18.8 Å². The van der Waals surface area contributed by atoms with E-state index in [2.05, 4.69) is 11.4 Å². The molecule has 1 amide bonds. The van der Waals surface area contributed by atoms with Crippen molar-refractivity contribution in [2.45, 2.75) is 31.9 Å². The van der Waals surface area contributed by atoms with Crippen LogP contribution in [0.5, 0.6) is 0 Å². The van der Waals surface area contributed by atoms with Crippen molar-refractivity contribution in [3.05, 3.63) is 65.2 Å². The first-order valence-electron chi connectivity index (χ1n) is 9.68. The Morgan fingerprint density at radius 2 is 1.93 bits per heavy atom. The minimum atomic E-state index is -3.49. The number of hydrogen-bond acceptors (Lipinski definition) is 4. The molecule has 3 rings (SSSR count). The third-order valence-corrected chi connectivity index (χ3v) is 7.05. The van der Waals surface area contributed by atoms with Gasteiger partial charge in [-0.1, -0.05) is 36.4 Å². The Bertz CT molecular complexity index is 1010. The summed E-state index contributed by atoms with van der Waals surface area (Å²) in [4.78, 5) is 12.7. The number of carbonyl (C=O) groups excluding carboxylic acids is 1. The van der Waals surface area contributed by atoms with E-state index in [4.69, 9.17) is 5.26 Å². The lowest BCUT2D eigenvalue weighted by atomic mass is 9.98. The topological polar surface area (TPSA) is 90.3 Å². The maximum Gasteiger partial charge on any atom is 0.228 e. The van der Waals surface area contributed by atoms with Crippen LogP contribution < -0.4 is 5.32 Å².